The van der Waals surface area contributed by atoms with Gasteiger partial charge in [-0.2, -0.15) is 5.10 Å². The zero-order valence-electron chi connectivity index (χ0n) is 19.4. The Hall–Kier alpha value is -4.45. The number of rotatable bonds is 4. The lowest BCUT2D eigenvalue weighted by Gasteiger charge is -2.29. The number of benzene rings is 3. The molecule has 0 spiro atoms. The first-order chi connectivity index (χ1) is 17.2. The molecule has 0 fully saturated rings. The van der Waals surface area contributed by atoms with Gasteiger partial charge in [-0.1, -0.05) is 66.7 Å². The second kappa shape index (κ2) is 8.72. The fourth-order valence-corrected chi connectivity index (χ4v) is 4.70. The molecule has 172 valence electrons. The van der Waals surface area contributed by atoms with Gasteiger partial charge in [0.2, 0.25) is 0 Å². The summed E-state index contributed by atoms with van der Waals surface area (Å²) in [5.41, 5.74) is 6.85. The lowest BCUT2D eigenvalue weighted by Crippen LogP contribution is -2.37. The van der Waals surface area contributed by atoms with Crippen molar-refractivity contribution in [2.24, 2.45) is 0 Å². The summed E-state index contributed by atoms with van der Waals surface area (Å²) in [7, 11) is 1.64. The van der Waals surface area contributed by atoms with Crippen molar-refractivity contribution in [3.63, 3.8) is 0 Å². The molecule has 5 aromatic rings. The quantitative estimate of drug-likeness (QED) is 0.367. The molecule has 0 saturated heterocycles. The van der Waals surface area contributed by atoms with Crippen LogP contribution in [0.1, 0.15) is 21.6 Å². The van der Waals surface area contributed by atoms with E-state index in [0.717, 1.165) is 23.2 Å². The topological polar surface area (TPSA) is 59.7 Å². The molecular formula is C29H24N4O2. The highest BCUT2D eigenvalue weighted by atomic mass is 16.5. The molecule has 1 amide bonds. The minimum absolute atomic E-state index is 0.0641. The molecule has 1 aliphatic rings. The summed E-state index contributed by atoms with van der Waals surface area (Å²) in [6, 6.07) is 29.7. The maximum absolute atomic E-state index is 13.9. The third-order valence-corrected chi connectivity index (χ3v) is 6.52. The van der Waals surface area contributed by atoms with Gasteiger partial charge in [0.05, 0.1) is 18.5 Å². The monoisotopic (exact) mass is 460 g/mol. The smallest absolute Gasteiger partial charge is 0.272 e. The van der Waals surface area contributed by atoms with Crippen LogP contribution < -0.4 is 4.74 Å². The van der Waals surface area contributed by atoms with Gasteiger partial charge in [-0.3, -0.25) is 4.79 Å². The van der Waals surface area contributed by atoms with Gasteiger partial charge in [0.25, 0.3) is 5.91 Å². The molecule has 0 radical (unpaired) electrons. The molecule has 0 unspecified atom stereocenters. The fraction of sp³-hybridized carbons (Fsp3) is 0.138. The minimum atomic E-state index is -0.0641. The number of methoxy groups -OCH3 is 1. The molecule has 0 atom stereocenters. The molecule has 0 aliphatic carbocycles. The van der Waals surface area contributed by atoms with Gasteiger partial charge in [0.15, 0.2) is 5.65 Å². The van der Waals surface area contributed by atoms with Crippen LogP contribution in [0.25, 0.3) is 28.2 Å². The number of hydrogen-bond donors (Lipinski definition) is 0. The van der Waals surface area contributed by atoms with Crippen molar-refractivity contribution >= 4 is 11.6 Å². The molecule has 2 aromatic heterocycles. The molecule has 0 saturated carbocycles. The van der Waals surface area contributed by atoms with Crippen LogP contribution in [-0.2, 0) is 13.0 Å². The second-order valence-corrected chi connectivity index (χ2v) is 8.64. The van der Waals surface area contributed by atoms with Crippen LogP contribution in [0.5, 0.6) is 5.75 Å². The second-order valence-electron chi connectivity index (χ2n) is 8.64. The first-order valence-electron chi connectivity index (χ1n) is 11.7. The van der Waals surface area contributed by atoms with Gasteiger partial charge >= 0.3 is 0 Å². The van der Waals surface area contributed by atoms with Crippen molar-refractivity contribution in [2.75, 3.05) is 13.7 Å². The van der Waals surface area contributed by atoms with E-state index in [1.165, 1.54) is 11.1 Å². The Balaban J connectivity index is 1.50. The summed E-state index contributed by atoms with van der Waals surface area (Å²) in [5, 5.41) is 4.80. The highest BCUT2D eigenvalue weighted by Crippen LogP contribution is 2.31. The standard InChI is InChI=1S/C29H24N4O2/c1-35-27-14-8-7-13-23(27)25-17-26(29(34)32-16-15-20-9-5-6-12-22(20)19-32)33-28(30-25)18-24(31-33)21-10-3-2-4-11-21/h2-14,17-18H,15-16,19H2,1H3. The van der Waals surface area contributed by atoms with Gasteiger partial charge in [0.1, 0.15) is 11.4 Å². The number of nitrogens with zero attached hydrogens (tertiary/aromatic N) is 4. The maximum atomic E-state index is 13.9. The van der Waals surface area contributed by atoms with Crippen LogP contribution in [0.15, 0.2) is 91.0 Å². The first kappa shape index (κ1) is 21.1. The SMILES string of the molecule is COc1ccccc1-c1cc(C(=O)N2CCc3ccccc3C2)n2nc(-c3ccccc3)cc2n1. The van der Waals surface area contributed by atoms with Crippen molar-refractivity contribution in [1.82, 2.24) is 19.5 Å². The van der Waals surface area contributed by atoms with Crippen molar-refractivity contribution < 1.29 is 9.53 Å². The average molecular weight is 461 g/mol. The Kier molecular flexibility index (Phi) is 5.26. The van der Waals surface area contributed by atoms with E-state index < -0.39 is 0 Å². The highest BCUT2D eigenvalue weighted by Gasteiger charge is 2.25. The molecule has 6 heteroatoms. The van der Waals surface area contributed by atoms with E-state index in [0.29, 0.717) is 35.9 Å². The molecular weight excluding hydrogens is 436 g/mol. The summed E-state index contributed by atoms with van der Waals surface area (Å²) in [6.45, 7) is 1.24. The van der Waals surface area contributed by atoms with Crippen LogP contribution in [-0.4, -0.2) is 39.1 Å². The van der Waals surface area contributed by atoms with Crippen LogP contribution in [0.3, 0.4) is 0 Å². The van der Waals surface area contributed by atoms with E-state index in [1.54, 1.807) is 11.6 Å². The number of ether oxygens (including phenoxy) is 1. The van der Waals surface area contributed by atoms with Crippen molar-refractivity contribution in [1.29, 1.82) is 0 Å². The minimum Gasteiger partial charge on any atom is -0.496 e. The molecule has 0 N–H and O–H groups in total. The lowest BCUT2D eigenvalue weighted by molar-refractivity contribution is 0.0725. The zero-order chi connectivity index (χ0) is 23.8. The molecule has 6 nitrogen and oxygen atoms in total. The number of carbonyl (C=O) groups is 1. The van der Waals surface area contributed by atoms with E-state index in [1.807, 2.05) is 77.7 Å². The average Bonchev–Trinajstić information content (AvgIpc) is 3.37. The molecule has 3 heterocycles. The predicted octanol–water partition coefficient (Wildman–Crippen LogP) is 5.27. The number of para-hydroxylation sites is 1. The highest BCUT2D eigenvalue weighted by molar-refractivity contribution is 5.95. The van der Waals surface area contributed by atoms with Gasteiger partial charge in [-0.25, -0.2) is 9.50 Å². The normalized spacial score (nSPS) is 13.0. The molecule has 35 heavy (non-hydrogen) atoms. The van der Waals surface area contributed by atoms with Crippen molar-refractivity contribution in [3.05, 3.63) is 108 Å². The van der Waals surface area contributed by atoms with E-state index >= 15 is 0 Å². The van der Waals surface area contributed by atoms with E-state index in [2.05, 4.69) is 18.2 Å². The Morgan fingerprint density at radius 1 is 0.857 bits per heavy atom. The van der Waals surface area contributed by atoms with Crippen molar-refractivity contribution in [3.8, 4) is 28.3 Å². The lowest BCUT2D eigenvalue weighted by atomic mass is 9.99. The largest absolute Gasteiger partial charge is 0.496 e. The van der Waals surface area contributed by atoms with Crippen LogP contribution in [0.2, 0.25) is 0 Å². The summed E-state index contributed by atoms with van der Waals surface area (Å²) in [6.07, 6.45) is 0.837. The van der Waals surface area contributed by atoms with E-state index in [9.17, 15) is 4.79 Å². The number of carbonyl (C=O) groups excluding carboxylic acids is 1. The van der Waals surface area contributed by atoms with Crippen LogP contribution in [0.4, 0.5) is 0 Å². The van der Waals surface area contributed by atoms with Crippen molar-refractivity contribution in [2.45, 2.75) is 13.0 Å². The number of fused-ring (bicyclic) bond motifs is 2. The zero-order valence-corrected chi connectivity index (χ0v) is 19.4. The van der Waals surface area contributed by atoms with Gasteiger partial charge in [-0.05, 0) is 35.7 Å². The Morgan fingerprint density at radius 2 is 1.60 bits per heavy atom. The fourth-order valence-electron chi connectivity index (χ4n) is 4.70. The third kappa shape index (κ3) is 3.83. The predicted molar refractivity (Wildman–Crippen MR) is 135 cm³/mol. The summed E-state index contributed by atoms with van der Waals surface area (Å²) >= 11 is 0. The molecule has 0 bridgehead atoms. The first-order valence-corrected chi connectivity index (χ1v) is 11.7. The summed E-state index contributed by atoms with van der Waals surface area (Å²) < 4.78 is 7.26. The van der Waals surface area contributed by atoms with Crippen LogP contribution >= 0.6 is 0 Å². The molecule has 1 aliphatic heterocycles. The Morgan fingerprint density at radius 3 is 2.43 bits per heavy atom. The number of amides is 1. The number of hydrogen-bond acceptors (Lipinski definition) is 4. The number of aromatic nitrogens is 3. The molecule has 6 rings (SSSR count). The van der Waals surface area contributed by atoms with E-state index in [4.69, 9.17) is 14.8 Å². The third-order valence-electron chi connectivity index (χ3n) is 6.52. The van der Waals surface area contributed by atoms with Crippen LogP contribution in [0, 0.1) is 0 Å². The molecule has 3 aromatic carbocycles. The van der Waals surface area contributed by atoms with Gasteiger partial charge in [-0.15, -0.1) is 0 Å². The van der Waals surface area contributed by atoms with Gasteiger partial charge < -0.3 is 9.64 Å². The Labute approximate surface area is 203 Å². The maximum Gasteiger partial charge on any atom is 0.272 e. The summed E-state index contributed by atoms with van der Waals surface area (Å²) in [4.78, 5) is 20.7. The Bertz CT molecular complexity index is 1540. The summed E-state index contributed by atoms with van der Waals surface area (Å²) in [5.74, 6) is 0.642. The van der Waals surface area contributed by atoms with Gasteiger partial charge in [0, 0.05) is 30.3 Å². The van der Waals surface area contributed by atoms with E-state index in [-0.39, 0.29) is 5.91 Å².